The third-order valence-corrected chi connectivity index (χ3v) is 3.58. The predicted octanol–water partition coefficient (Wildman–Crippen LogP) is 2.10. The number of hydrogen-bond donors (Lipinski definition) is 1. The first-order valence-corrected chi connectivity index (χ1v) is 6.27. The molecular weight excluding hydrogens is 200 g/mol. The van der Waals surface area contributed by atoms with Gasteiger partial charge in [0.05, 0.1) is 12.8 Å². The van der Waals surface area contributed by atoms with Crippen LogP contribution in [0.1, 0.15) is 26.0 Å². The molecule has 3 heteroatoms. The normalized spacial score (nSPS) is 24.5. The first kappa shape index (κ1) is 11.7. The third-order valence-electron chi connectivity index (χ3n) is 3.58. The summed E-state index contributed by atoms with van der Waals surface area (Å²) < 4.78 is 5.40. The van der Waals surface area contributed by atoms with E-state index in [1.54, 1.807) is 6.26 Å². The van der Waals surface area contributed by atoms with Gasteiger partial charge in [0.25, 0.3) is 0 Å². The summed E-state index contributed by atoms with van der Waals surface area (Å²) in [6.07, 6.45) is 3.00. The lowest BCUT2D eigenvalue weighted by atomic mass is 9.97. The van der Waals surface area contributed by atoms with Crippen molar-refractivity contribution in [2.75, 3.05) is 19.6 Å². The highest BCUT2D eigenvalue weighted by Crippen LogP contribution is 2.14. The van der Waals surface area contributed by atoms with E-state index in [1.165, 1.54) is 6.42 Å². The van der Waals surface area contributed by atoms with Crippen molar-refractivity contribution in [2.24, 2.45) is 5.92 Å². The molecule has 1 fully saturated rings. The molecule has 0 amide bonds. The van der Waals surface area contributed by atoms with Gasteiger partial charge in [-0.25, -0.2) is 0 Å². The van der Waals surface area contributed by atoms with Gasteiger partial charge in [-0.15, -0.1) is 0 Å². The molecule has 90 valence electrons. The van der Waals surface area contributed by atoms with Crippen LogP contribution in [0.2, 0.25) is 0 Å². The standard InChI is InChI=1S/C13H22N2O/c1-3-11(2)13-10-15(7-6-14-13)9-12-5-4-8-16-12/h4-5,8,11,13-14H,3,6-7,9-10H2,1-2H3. The number of hydrogen-bond acceptors (Lipinski definition) is 3. The molecule has 0 aliphatic carbocycles. The number of nitrogens with zero attached hydrogens (tertiary/aromatic N) is 1. The van der Waals surface area contributed by atoms with Gasteiger partial charge in [-0.1, -0.05) is 20.3 Å². The smallest absolute Gasteiger partial charge is 0.117 e. The molecule has 1 N–H and O–H groups in total. The first-order chi connectivity index (χ1) is 7.79. The van der Waals surface area contributed by atoms with Gasteiger partial charge >= 0.3 is 0 Å². The number of piperazine rings is 1. The molecule has 1 aliphatic heterocycles. The highest BCUT2D eigenvalue weighted by molar-refractivity contribution is 4.98. The second-order valence-corrected chi connectivity index (χ2v) is 4.76. The molecule has 2 unspecified atom stereocenters. The highest BCUT2D eigenvalue weighted by atomic mass is 16.3. The zero-order valence-electron chi connectivity index (χ0n) is 10.3. The third kappa shape index (κ3) is 2.86. The molecule has 0 spiro atoms. The summed E-state index contributed by atoms with van der Waals surface area (Å²) in [5.74, 6) is 1.82. The predicted molar refractivity (Wildman–Crippen MR) is 65.2 cm³/mol. The van der Waals surface area contributed by atoms with E-state index >= 15 is 0 Å². The van der Waals surface area contributed by atoms with E-state index in [2.05, 4.69) is 30.1 Å². The van der Waals surface area contributed by atoms with E-state index in [4.69, 9.17) is 4.42 Å². The van der Waals surface area contributed by atoms with Crippen LogP contribution in [0.4, 0.5) is 0 Å². The number of rotatable bonds is 4. The monoisotopic (exact) mass is 222 g/mol. The van der Waals surface area contributed by atoms with E-state index < -0.39 is 0 Å². The Hall–Kier alpha value is -0.800. The number of furan rings is 1. The van der Waals surface area contributed by atoms with Crippen molar-refractivity contribution in [1.82, 2.24) is 10.2 Å². The second kappa shape index (κ2) is 5.51. The van der Waals surface area contributed by atoms with Crippen LogP contribution in [-0.2, 0) is 6.54 Å². The fourth-order valence-electron chi connectivity index (χ4n) is 2.27. The summed E-state index contributed by atoms with van der Waals surface area (Å²) in [5, 5.41) is 3.61. The minimum Gasteiger partial charge on any atom is -0.468 e. The molecule has 0 saturated carbocycles. The van der Waals surface area contributed by atoms with Gasteiger partial charge in [-0.05, 0) is 18.1 Å². The quantitative estimate of drug-likeness (QED) is 0.845. The molecule has 1 aliphatic rings. The molecule has 3 nitrogen and oxygen atoms in total. The zero-order valence-corrected chi connectivity index (χ0v) is 10.3. The van der Waals surface area contributed by atoms with Crippen molar-refractivity contribution in [2.45, 2.75) is 32.9 Å². The minimum absolute atomic E-state index is 0.633. The maximum Gasteiger partial charge on any atom is 0.117 e. The summed E-state index contributed by atoms with van der Waals surface area (Å²) >= 11 is 0. The zero-order chi connectivity index (χ0) is 11.4. The molecule has 2 rings (SSSR count). The van der Waals surface area contributed by atoms with E-state index in [0.717, 1.165) is 37.9 Å². The van der Waals surface area contributed by atoms with Crippen LogP contribution in [0.15, 0.2) is 22.8 Å². The Morgan fingerprint density at radius 1 is 1.62 bits per heavy atom. The second-order valence-electron chi connectivity index (χ2n) is 4.76. The molecule has 2 atom stereocenters. The van der Waals surface area contributed by atoms with Crippen molar-refractivity contribution >= 4 is 0 Å². The van der Waals surface area contributed by atoms with Crippen molar-refractivity contribution in [3.63, 3.8) is 0 Å². The molecule has 1 aromatic heterocycles. The summed E-state index contributed by atoms with van der Waals surface area (Å²) in [6.45, 7) is 8.88. The van der Waals surface area contributed by atoms with Gasteiger partial charge in [-0.3, -0.25) is 4.90 Å². The van der Waals surface area contributed by atoms with Crippen molar-refractivity contribution < 1.29 is 4.42 Å². The van der Waals surface area contributed by atoms with Crippen LogP contribution in [-0.4, -0.2) is 30.6 Å². The Morgan fingerprint density at radius 3 is 3.19 bits per heavy atom. The lowest BCUT2D eigenvalue weighted by Gasteiger charge is -2.36. The van der Waals surface area contributed by atoms with Gasteiger partial charge < -0.3 is 9.73 Å². The lowest BCUT2D eigenvalue weighted by Crippen LogP contribution is -2.52. The SMILES string of the molecule is CCC(C)C1CN(Cc2ccco2)CCN1. The van der Waals surface area contributed by atoms with Crippen LogP contribution in [0.25, 0.3) is 0 Å². The van der Waals surface area contributed by atoms with Crippen LogP contribution < -0.4 is 5.32 Å². The summed E-state index contributed by atoms with van der Waals surface area (Å²) in [4.78, 5) is 2.48. The maximum absolute atomic E-state index is 5.40. The molecule has 16 heavy (non-hydrogen) atoms. The molecule has 0 radical (unpaired) electrons. The fourth-order valence-corrected chi connectivity index (χ4v) is 2.27. The lowest BCUT2D eigenvalue weighted by molar-refractivity contribution is 0.153. The average molecular weight is 222 g/mol. The van der Waals surface area contributed by atoms with E-state index in [-0.39, 0.29) is 0 Å². The Balaban J connectivity index is 1.87. The Labute approximate surface area is 97.8 Å². The minimum atomic E-state index is 0.633. The van der Waals surface area contributed by atoms with Crippen LogP contribution in [0.3, 0.4) is 0 Å². The fraction of sp³-hybridized carbons (Fsp3) is 0.692. The molecule has 1 aromatic rings. The molecular formula is C13H22N2O. The largest absolute Gasteiger partial charge is 0.468 e. The van der Waals surface area contributed by atoms with Crippen LogP contribution in [0.5, 0.6) is 0 Å². The maximum atomic E-state index is 5.40. The van der Waals surface area contributed by atoms with E-state index in [1.807, 2.05) is 6.07 Å². The molecule has 2 heterocycles. The molecule has 0 aromatic carbocycles. The van der Waals surface area contributed by atoms with E-state index in [0.29, 0.717) is 6.04 Å². The summed E-state index contributed by atoms with van der Waals surface area (Å²) in [5.41, 5.74) is 0. The van der Waals surface area contributed by atoms with Crippen LogP contribution >= 0.6 is 0 Å². The Bertz CT molecular complexity index is 297. The summed E-state index contributed by atoms with van der Waals surface area (Å²) in [7, 11) is 0. The van der Waals surface area contributed by atoms with Gasteiger partial charge in [0.2, 0.25) is 0 Å². The highest BCUT2D eigenvalue weighted by Gasteiger charge is 2.23. The average Bonchev–Trinajstić information content (AvgIpc) is 2.81. The summed E-state index contributed by atoms with van der Waals surface area (Å²) in [6, 6.07) is 4.65. The van der Waals surface area contributed by atoms with Gasteiger partial charge in [-0.2, -0.15) is 0 Å². The first-order valence-electron chi connectivity index (χ1n) is 6.27. The van der Waals surface area contributed by atoms with Crippen molar-refractivity contribution in [1.29, 1.82) is 0 Å². The Morgan fingerprint density at radius 2 is 2.50 bits per heavy atom. The van der Waals surface area contributed by atoms with Crippen molar-refractivity contribution in [3.05, 3.63) is 24.2 Å². The van der Waals surface area contributed by atoms with Gasteiger partial charge in [0, 0.05) is 25.7 Å². The Kier molecular flexibility index (Phi) is 4.02. The topological polar surface area (TPSA) is 28.4 Å². The van der Waals surface area contributed by atoms with Crippen molar-refractivity contribution in [3.8, 4) is 0 Å². The molecule has 0 bridgehead atoms. The van der Waals surface area contributed by atoms with Crippen LogP contribution in [0, 0.1) is 5.92 Å². The van der Waals surface area contributed by atoms with Gasteiger partial charge in [0.15, 0.2) is 0 Å². The van der Waals surface area contributed by atoms with Gasteiger partial charge in [0.1, 0.15) is 5.76 Å². The molecule has 1 saturated heterocycles. The number of nitrogens with one attached hydrogen (secondary N) is 1. The van der Waals surface area contributed by atoms with E-state index in [9.17, 15) is 0 Å².